The fourth-order valence-electron chi connectivity index (χ4n) is 2.44. The Morgan fingerprint density at radius 1 is 1.04 bits per heavy atom. The van der Waals surface area contributed by atoms with Crippen LogP contribution in [0.5, 0.6) is 5.75 Å². The smallest absolute Gasteiger partial charge is 0.186 e. The summed E-state index contributed by atoms with van der Waals surface area (Å²) in [5.41, 5.74) is 4.30. The molecule has 0 N–H and O–H groups in total. The van der Waals surface area contributed by atoms with Gasteiger partial charge in [-0.05, 0) is 69.9 Å². The van der Waals surface area contributed by atoms with Crippen LogP contribution >= 0.6 is 8.58 Å². The van der Waals surface area contributed by atoms with Crippen LogP contribution in [0.1, 0.15) is 40.4 Å². The van der Waals surface area contributed by atoms with E-state index in [1.807, 2.05) is 57.2 Å². The van der Waals surface area contributed by atoms with Crippen LogP contribution in [0.4, 0.5) is 0 Å². The molecule has 0 spiro atoms. The Morgan fingerprint density at radius 3 is 2.26 bits per heavy atom. The van der Waals surface area contributed by atoms with E-state index in [-0.39, 0.29) is 33.0 Å². The van der Waals surface area contributed by atoms with Gasteiger partial charge in [0.05, 0.1) is 6.61 Å². The first-order valence-electron chi connectivity index (χ1n) is 7.64. The second kappa shape index (κ2) is 9.29. The van der Waals surface area contributed by atoms with Gasteiger partial charge in [-0.3, -0.25) is 4.79 Å². The standard InChI is InChI=1S/C19H23O2P.Li/c1-5-11-21-16-9-10-17(15(4)12-16)22-19(20)18-13(2)7-6-8-14(18)3;/h6-10,12,22H,5,11H2,1-4H3;. The van der Waals surface area contributed by atoms with Gasteiger partial charge in [0.1, 0.15) is 5.75 Å². The molecule has 2 rings (SSSR count). The molecule has 0 aromatic heterocycles. The molecule has 0 saturated heterocycles. The van der Waals surface area contributed by atoms with E-state index < -0.39 is 0 Å². The fraction of sp³-hybridized carbons (Fsp3) is 0.316. The summed E-state index contributed by atoms with van der Waals surface area (Å²) >= 11 is 0. The van der Waals surface area contributed by atoms with Crippen molar-refractivity contribution in [3.8, 4) is 5.75 Å². The second-order valence-corrected chi connectivity index (χ2v) is 6.79. The summed E-state index contributed by atoms with van der Waals surface area (Å²) in [6.45, 7) is 8.85. The van der Waals surface area contributed by atoms with Gasteiger partial charge in [0.25, 0.3) is 0 Å². The molecule has 2 aromatic carbocycles. The van der Waals surface area contributed by atoms with E-state index in [1.54, 1.807) is 0 Å². The van der Waals surface area contributed by atoms with Gasteiger partial charge in [0.2, 0.25) is 0 Å². The summed E-state index contributed by atoms with van der Waals surface area (Å²) in [5, 5.41) is 1.09. The molecule has 1 atom stereocenters. The number of ether oxygens (including phenoxy) is 1. The summed E-state index contributed by atoms with van der Waals surface area (Å²) in [4.78, 5) is 12.6. The van der Waals surface area contributed by atoms with Crippen LogP contribution in [0.2, 0.25) is 0 Å². The first-order chi connectivity index (χ1) is 10.5. The van der Waals surface area contributed by atoms with Crippen LogP contribution < -0.4 is 10.0 Å². The maximum atomic E-state index is 12.6. The fourth-order valence-corrected chi connectivity index (χ4v) is 3.64. The third kappa shape index (κ3) is 5.22. The van der Waals surface area contributed by atoms with Crippen LogP contribution in [0.3, 0.4) is 0 Å². The van der Waals surface area contributed by atoms with Crippen molar-refractivity contribution in [2.75, 3.05) is 6.61 Å². The van der Waals surface area contributed by atoms with E-state index in [1.165, 1.54) is 0 Å². The molecule has 0 fully saturated rings. The second-order valence-electron chi connectivity index (χ2n) is 5.55. The minimum atomic E-state index is 0. The van der Waals surface area contributed by atoms with Gasteiger partial charge in [0.15, 0.2) is 5.52 Å². The third-order valence-electron chi connectivity index (χ3n) is 3.63. The summed E-state index contributed by atoms with van der Waals surface area (Å²) in [5.74, 6) is 0.882. The molecular weight excluding hydrogens is 298 g/mol. The van der Waals surface area contributed by atoms with Crippen molar-refractivity contribution >= 4 is 38.3 Å². The average molecular weight is 321 g/mol. The Morgan fingerprint density at radius 2 is 1.70 bits per heavy atom. The normalized spacial score (nSPS) is 10.6. The molecule has 0 aliphatic carbocycles. The topological polar surface area (TPSA) is 26.3 Å². The Hall–Kier alpha value is -1.06. The maximum absolute atomic E-state index is 12.6. The number of aryl methyl sites for hydroxylation is 3. The zero-order valence-corrected chi connectivity index (χ0v) is 15.7. The molecule has 1 radical (unpaired) electrons. The monoisotopic (exact) mass is 321 g/mol. The zero-order valence-electron chi connectivity index (χ0n) is 14.7. The number of carbonyl (C=O) groups is 1. The first kappa shape index (κ1) is 20.0. The molecule has 2 nitrogen and oxygen atoms in total. The van der Waals surface area contributed by atoms with Crippen molar-refractivity contribution in [1.29, 1.82) is 0 Å². The molecule has 1 unspecified atom stereocenters. The molecule has 4 heteroatoms. The van der Waals surface area contributed by atoms with Crippen molar-refractivity contribution in [3.05, 3.63) is 58.7 Å². The summed E-state index contributed by atoms with van der Waals surface area (Å²) in [7, 11) is 0.152. The summed E-state index contributed by atoms with van der Waals surface area (Å²) < 4.78 is 5.64. The number of carbonyl (C=O) groups excluding carboxylic acids is 1. The number of hydrogen-bond acceptors (Lipinski definition) is 2. The molecule has 0 aliphatic heterocycles. The van der Waals surface area contributed by atoms with Crippen LogP contribution in [0.25, 0.3) is 0 Å². The maximum Gasteiger partial charge on any atom is 0.186 e. The van der Waals surface area contributed by atoms with E-state index in [4.69, 9.17) is 4.74 Å². The van der Waals surface area contributed by atoms with E-state index in [0.717, 1.165) is 46.3 Å². The summed E-state index contributed by atoms with van der Waals surface area (Å²) in [6, 6.07) is 12.0. The van der Waals surface area contributed by atoms with Crippen molar-refractivity contribution < 1.29 is 9.53 Å². The van der Waals surface area contributed by atoms with Gasteiger partial charge in [-0.2, -0.15) is 0 Å². The van der Waals surface area contributed by atoms with Crippen LogP contribution in [-0.2, 0) is 0 Å². The largest absolute Gasteiger partial charge is 0.494 e. The quantitative estimate of drug-likeness (QED) is 0.590. The van der Waals surface area contributed by atoms with Gasteiger partial charge in [0, 0.05) is 24.4 Å². The molecular formula is C19H23LiO2P. The first-order valence-corrected chi connectivity index (χ1v) is 8.64. The summed E-state index contributed by atoms with van der Waals surface area (Å²) in [6.07, 6.45) is 0.994. The molecule has 117 valence electrons. The SMILES string of the molecule is CCCOc1ccc(PC(=O)c2c(C)cccc2C)c(C)c1.[Li]. The molecule has 0 saturated carbocycles. The third-order valence-corrected chi connectivity index (χ3v) is 4.93. The van der Waals surface area contributed by atoms with Gasteiger partial charge >= 0.3 is 0 Å². The van der Waals surface area contributed by atoms with Gasteiger partial charge in [-0.1, -0.05) is 31.2 Å². The number of benzene rings is 2. The van der Waals surface area contributed by atoms with Crippen LogP contribution in [0, 0.1) is 20.8 Å². The van der Waals surface area contributed by atoms with Gasteiger partial charge in [-0.15, -0.1) is 0 Å². The minimum absolute atomic E-state index is 0. The molecule has 0 aliphatic rings. The Balaban J connectivity index is 0.00000264. The molecule has 23 heavy (non-hydrogen) atoms. The molecule has 0 amide bonds. The van der Waals surface area contributed by atoms with Crippen molar-refractivity contribution in [2.24, 2.45) is 0 Å². The predicted molar refractivity (Wildman–Crippen MR) is 101 cm³/mol. The van der Waals surface area contributed by atoms with E-state index in [0.29, 0.717) is 0 Å². The van der Waals surface area contributed by atoms with Crippen LogP contribution in [-0.4, -0.2) is 31.0 Å². The predicted octanol–water partition coefficient (Wildman–Crippen LogP) is 4.16. The Bertz CT molecular complexity index is 663. The van der Waals surface area contributed by atoms with Crippen molar-refractivity contribution in [1.82, 2.24) is 0 Å². The Kier molecular flexibility index (Phi) is 8.07. The van der Waals surface area contributed by atoms with E-state index >= 15 is 0 Å². The van der Waals surface area contributed by atoms with Crippen molar-refractivity contribution in [2.45, 2.75) is 34.1 Å². The number of hydrogen-bond donors (Lipinski definition) is 0. The van der Waals surface area contributed by atoms with Gasteiger partial charge < -0.3 is 4.74 Å². The van der Waals surface area contributed by atoms with E-state index in [2.05, 4.69) is 6.92 Å². The average Bonchev–Trinajstić information content (AvgIpc) is 2.47. The Labute approximate surface area is 153 Å². The minimum Gasteiger partial charge on any atom is -0.494 e. The molecule has 2 aromatic rings. The molecule has 0 bridgehead atoms. The van der Waals surface area contributed by atoms with Crippen LogP contribution in [0.15, 0.2) is 36.4 Å². The van der Waals surface area contributed by atoms with E-state index in [9.17, 15) is 4.79 Å². The number of rotatable bonds is 6. The van der Waals surface area contributed by atoms with Crippen molar-refractivity contribution in [3.63, 3.8) is 0 Å². The zero-order chi connectivity index (χ0) is 16.1. The van der Waals surface area contributed by atoms with Gasteiger partial charge in [-0.25, -0.2) is 0 Å². The molecule has 0 heterocycles.